The molecular formula is C21H16N2O6. The van der Waals surface area contributed by atoms with Gasteiger partial charge in [-0.1, -0.05) is 0 Å². The molecule has 4 rings (SSSR count). The van der Waals surface area contributed by atoms with Crippen LogP contribution in [0.15, 0.2) is 70.4 Å². The molecule has 8 heteroatoms. The lowest BCUT2D eigenvalue weighted by molar-refractivity contribution is 0.0701. The molecule has 0 unspecified atom stereocenters. The molecule has 1 aliphatic rings. The second kappa shape index (κ2) is 8.30. The van der Waals surface area contributed by atoms with Gasteiger partial charge in [-0.15, -0.1) is 0 Å². The van der Waals surface area contributed by atoms with Crippen molar-refractivity contribution < 1.29 is 28.2 Å². The van der Waals surface area contributed by atoms with E-state index in [0.717, 1.165) is 0 Å². The smallest absolute Gasteiger partial charge is 0.379 e. The number of amides is 1. The third-order valence-electron chi connectivity index (χ3n) is 4.00. The number of ether oxygens (including phenoxy) is 3. The molecule has 1 amide bonds. The Morgan fingerprint density at radius 1 is 1.00 bits per heavy atom. The maximum Gasteiger partial charge on any atom is 0.379 e. The van der Waals surface area contributed by atoms with Gasteiger partial charge in [-0.3, -0.25) is 4.79 Å². The van der Waals surface area contributed by atoms with Gasteiger partial charge in [-0.05, 0) is 60.2 Å². The molecule has 29 heavy (non-hydrogen) atoms. The monoisotopic (exact) mass is 392 g/mol. The van der Waals surface area contributed by atoms with Crippen LogP contribution in [0.2, 0.25) is 0 Å². The number of nitrogens with one attached hydrogen (secondary N) is 1. The van der Waals surface area contributed by atoms with Gasteiger partial charge < -0.3 is 18.6 Å². The zero-order valence-electron chi connectivity index (χ0n) is 15.2. The first-order valence-electron chi connectivity index (χ1n) is 8.78. The normalized spacial score (nSPS) is 12.6. The molecule has 1 N–H and O–H groups in total. The Bertz CT molecular complexity index is 1040. The van der Waals surface area contributed by atoms with Crippen LogP contribution in [-0.2, 0) is 0 Å². The molecular weight excluding hydrogens is 376 g/mol. The number of hydrogen-bond acceptors (Lipinski definition) is 7. The lowest BCUT2D eigenvalue weighted by Gasteiger charge is -2.18. The van der Waals surface area contributed by atoms with Crippen molar-refractivity contribution in [2.45, 2.75) is 0 Å². The van der Waals surface area contributed by atoms with Gasteiger partial charge >= 0.3 is 5.97 Å². The molecule has 0 saturated carbocycles. The summed E-state index contributed by atoms with van der Waals surface area (Å²) in [5, 5.41) is 3.94. The van der Waals surface area contributed by atoms with Crippen LogP contribution in [0.5, 0.6) is 17.2 Å². The highest BCUT2D eigenvalue weighted by molar-refractivity contribution is 5.95. The van der Waals surface area contributed by atoms with E-state index in [2.05, 4.69) is 10.5 Å². The van der Waals surface area contributed by atoms with Crippen molar-refractivity contribution in [3.05, 3.63) is 77.7 Å². The van der Waals surface area contributed by atoms with Gasteiger partial charge in [0.25, 0.3) is 5.91 Å². The summed E-state index contributed by atoms with van der Waals surface area (Å²) in [6.07, 6.45) is 2.88. The summed E-state index contributed by atoms with van der Waals surface area (Å²) >= 11 is 0. The van der Waals surface area contributed by atoms with Crippen LogP contribution in [0.4, 0.5) is 0 Å². The van der Waals surface area contributed by atoms with Crippen molar-refractivity contribution in [1.29, 1.82) is 0 Å². The molecule has 0 radical (unpaired) electrons. The minimum atomic E-state index is -0.580. The molecule has 1 aromatic heterocycles. The maximum absolute atomic E-state index is 12.2. The molecule has 3 aromatic rings. The second-order valence-corrected chi connectivity index (χ2v) is 5.99. The molecule has 0 spiro atoms. The van der Waals surface area contributed by atoms with Gasteiger partial charge in [0.15, 0.2) is 11.5 Å². The van der Waals surface area contributed by atoms with Gasteiger partial charge in [0, 0.05) is 5.56 Å². The van der Waals surface area contributed by atoms with E-state index in [1.54, 1.807) is 48.5 Å². The van der Waals surface area contributed by atoms with Crippen LogP contribution >= 0.6 is 0 Å². The minimum Gasteiger partial charge on any atom is -0.486 e. The first-order valence-corrected chi connectivity index (χ1v) is 8.78. The highest BCUT2D eigenvalue weighted by atomic mass is 16.6. The Hall–Kier alpha value is -4.07. The number of rotatable bonds is 5. The van der Waals surface area contributed by atoms with Gasteiger partial charge in [-0.2, -0.15) is 5.10 Å². The molecule has 2 aromatic carbocycles. The number of carbonyl (C=O) groups is 2. The van der Waals surface area contributed by atoms with Crippen LogP contribution in [0.25, 0.3) is 0 Å². The van der Waals surface area contributed by atoms with Gasteiger partial charge in [0.1, 0.15) is 19.0 Å². The Morgan fingerprint density at radius 3 is 2.55 bits per heavy atom. The van der Waals surface area contributed by atoms with Crippen LogP contribution in [0, 0.1) is 0 Å². The fourth-order valence-corrected chi connectivity index (χ4v) is 2.59. The average molecular weight is 392 g/mol. The van der Waals surface area contributed by atoms with E-state index < -0.39 is 5.97 Å². The number of furan rings is 1. The average Bonchev–Trinajstić information content (AvgIpc) is 3.30. The van der Waals surface area contributed by atoms with E-state index in [1.165, 1.54) is 18.5 Å². The largest absolute Gasteiger partial charge is 0.486 e. The molecule has 146 valence electrons. The Labute approximate surface area is 165 Å². The fraction of sp³-hybridized carbons (Fsp3) is 0.0952. The predicted octanol–water partition coefficient (Wildman–Crippen LogP) is 3.03. The zero-order chi connectivity index (χ0) is 20.1. The number of benzene rings is 2. The van der Waals surface area contributed by atoms with E-state index in [9.17, 15) is 9.59 Å². The summed E-state index contributed by atoms with van der Waals surface area (Å²) < 4.78 is 21.1. The third-order valence-corrected chi connectivity index (χ3v) is 4.00. The van der Waals surface area contributed by atoms with Crippen molar-refractivity contribution in [2.24, 2.45) is 5.10 Å². The van der Waals surface area contributed by atoms with Crippen LogP contribution in [0.1, 0.15) is 26.5 Å². The summed E-state index contributed by atoms with van der Waals surface area (Å²) in [7, 11) is 0. The number of carbonyl (C=O) groups excluding carboxylic acids is 2. The molecule has 0 aliphatic carbocycles. The van der Waals surface area contributed by atoms with Crippen LogP contribution in [-0.4, -0.2) is 31.3 Å². The van der Waals surface area contributed by atoms with Crippen molar-refractivity contribution in [2.75, 3.05) is 13.2 Å². The standard InChI is InChI=1S/C21H16N2O6/c24-20(15-5-8-17-19(12-15)28-11-10-27-17)23-22-13-14-3-6-16(7-4-14)29-21(25)18-2-1-9-26-18/h1-9,12-13H,10-11H2,(H,23,24)/b22-13-. The number of nitrogens with zero attached hydrogens (tertiary/aromatic N) is 1. The molecule has 0 atom stereocenters. The highest BCUT2D eigenvalue weighted by Crippen LogP contribution is 2.30. The first kappa shape index (κ1) is 18.3. The zero-order valence-corrected chi connectivity index (χ0v) is 15.2. The molecule has 2 heterocycles. The summed E-state index contributed by atoms with van der Waals surface area (Å²) in [5.41, 5.74) is 3.58. The molecule has 8 nitrogen and oxygen atoms in total. The molecule has 1 aliphatic heterocycles. The first-order chi connectivity index (χ1) is 14.2. The van der Waals surface area contributed by atoms with Crippen molar-refractivity contribution in [3.8, 4) is 17.2 Å². The van der Waals surface area contributed by atoms with E-state index in [1.807, 2.05) is 0 Å². The quantitative estimate of drug-likeness (QED) is 0.310. The number of hydrogen-bond donors (Lipinski definition) is 1. The van der Waals surface area contributed by atoms with Crippen LogP contribution in [0.3, 0.4) is 0 Å². The summed E-state index contributed by atoms with van der Waals surface area (Å²) in [6.45, 7) is 0.937. The summed E-state index contributed by atoms with van der Waals surface area (Å²) in [6, 6.07) is 14.7. The summed E-state index contributed by atoms with van der Waals surface area (Å²) in [4.78, 5) is 24.0. The van der Waals surface area contributed by atoms with E-state index in [0.29, 0.717) is 41.6 Å². The lowest BCUT2D eigenvalue weighted by atomic mass is 10.2. The highest BCUT2D eigenvalue weighted by Gasteiger charge is 2.14. The van der Waals surface area contributed by atoms with Gasteiger partial charge in [0.05, 0.1) is 12.5 Å². The van der Waals surface area contributed by atoms with Gasteiger partial charge in [-0.25, -0.2) is 10.2 Å². The molecule has 0 bridgehead atoms. The molecule has 0 saturated heterocycles. The van der Waals surface area contributed by atoms with Gasteiger partial charge in [0.2, 0.25) is 5.76 Å². The molecule has 0 fully saturated rings. The number of hydrazone groups is 1. The Morgan fingerprint density at radius 2 is 1.79 bits per heavy atom. The van der Waals surface area contributed by atoms with E-state index >= 15 is 0 Å². The lowest BCUT2D eigenvalue weighted by Crippen LogP contribution is -2.19. The fourth-order valence-electron chi connectivity index (χ4n) is 2.59. The Balaban J connectivity index is 1.33. The van der Waals surface area contributed by atoms with Crippen molar-refractivity contribution in [1.82, 2.24) is 5.43 Å². The van der Waals surface area contributed by atoms with E-state index in [-0.39, 0.29) is 11.7 Å². The minimum absolute atomic E-state index is 0.123. The number of fused-ring (bicyclic) bond motifs is 1. The number of esters is 1. The van der Waals surface area contributed by atoms with Crippen LogP contribution < -0.4 is 19.6 Å². The summed E-state index contributed by atoms with van der Waals surface area (Å²) in [5.74, 6) is 0.684. The van der Waals surface area contributed by atoms with Crippen molar-refractivity contribution >= 4 is 18.1 Å². The Kier molecular flexibility index (Phi) is 5.24. The second-order valence-electron chi connectivity index (χ2n) is 5.99. The topological polar surface area (TPSA) is 99.4 Å². The maximum atomic E-state index is 12.2. The predicted molar refractivity (Wildman–Crippen MR) is 103 cm³/mol. The SMILES string of the molecule is O=C(N/N=C\c1ccc(OC(=O)c2ccco2)cc1)c1ccc2c(c1)OCCO2. The third kappa shape index (κ3) is 4.44. The van der Waals surface area contributed by atoms with E-state index in [4.69, 9.17) is 18.6 Å². The van der Waals surface area contributed by atoms with Crippen molar-refractivity contribution in [3.63, 3.8) is 0 Å².